The van der Waals surface area contributed by atoms with Crippen LogP contribution in [0.4, 0.5) is 0 Å². The molecule has 0 aromatic carbocycles. The maximum absolute atomic E-state index is 13.8. The van der Waals surface area contributed by atoms with Crippen LogP contribution in [-0.4, -0.2) is 159 Å². The SMILES string of the molecule is CCC1CC(C(=O)NCCNC(=O)c2nc(C)cs2)C[C@@H](O[C@@H]2O[C@@H](CO)[C@H](O)C(O[C@@H](CC3CCCCC3)C(=O)O)C2NC(C)=O)[C@@H]1OC1O[C@@H](C)C(O)[C@H](O)[C@@H]1O. The Morgan fingerprint density at radius 3 is 2.27 bits per heavy atom. The third-order valence-corrected chi connectivity index (χ3v) is 12.8. The van der Waals surface area contributed by atoms with Gasteiger partial charge in [0.15, 0.2) is 23.7 Å². The average molecular weight is 859 g/mol. The normalized spacial score (nSPS) is 36.0. The molecule has 1 aromatic rings. The zero-order valence-electron chi connectivity index (χ0n) is 34.0. The number of carboxylic acid groups (broad SMARTS) is 1. The molecular formula is C39H62N4O15S. The number of carboxylic acids is 1. The van der Waals surface area contributed by atoms with Gasteiger partial charge in [0.05, 0.1) is 24.9 Å². The fourth-order valence-electron chi connectivity index (χ4n) is 8.62. The van der Waals surface area contributed by atoms with Gasteiger partial charge in [-0.1, -0.05) is 45.4 Å². The summed E-state index contributed by atoms with van der Waals surface area (Å²) in [5, 5.41) is 74.2. The second kappa shape index (κ2) is 21.8. The van der Waals surface area contributed by atoms with Crippen LogP contribution in [-0.2, 0) is 38.1 Å². The van der Waals surface area contributed by atoms with Gasteiger partial charge in [-0.25, -0.2) is 9.78 Å². The Balaban J connectivity index is 1.39. The van der Waals surface area contributed by atoms with Gasteiger partial charge in [0.25, 0.3) is 5.91 Å². The van der Waals surface area contributed by atoms with Gasteiger partial charge < -0.3 is 70.3 Å². The maximum atomic E-state index is 13.8. The molecule has 2 saturated carbocycles. The molecule has 4 aliphatic rings. The molecule has 6 unspecified atom stereocenters. The number of hydrogen-bond donors (Lipinski definition) is 9. The van der Waals surface area contributed by atoms with Crippen LogP contribution in [0.5, 0.6) is 0 Å². The van der Waals surface area contributed by atoms with E-state index in [1.165, 1.54) is 25.2 Å². The number of aliphatic hydroxyl groups excluding tert-OH is 5. The molecule has 20 heteroatoms. The van der Waals surface area contributed by atoms with Gasteiger partial charge in [-0.3, -0.25) is 14.4 Å². The summed E-state index contributed by atoms with van der Waals surface area (Å²) in [7, 11) is 0. The number of nitrogens with one attached hydrogen (secondary N) is 3. The second-order valence-corrected chi connectivity index (χ2v) is 17.1. The van der Waals surface area contributed by atoms with Crippen molar-refractivity contribution in [2.24, 2.45) is 17.8 Å². The molecule has 334 valence electrons. The van der Waals surface area contributed by atoms with Crippen LogP contribution >= 0.6 is 11.3 Å². The van der Waals surface area contributed by atoms with Gasteiger partial charge in [-0.05, 0) is 44.9 Å². The predicted molar refractivity (Wildman–Crippen MR) is 208 cm³/mol. The van der Waals surface area contributed by atoms with Crippen LogP contribution in [0, 0.1) is 24.7 Å². The second-order valence-electron chi connectivity index (χ2n) is 16.2. The van der Waals surface area contributed by atoms with Gasteiger partial charge in [0, 0.05) is 37.0 Å². The van der Waals surface area contributed by atoms with E-state index in [2.05, 4.69) is 20.9 Å². The first-order valence-corrected chi connectivity index (χ1v) is 21.6. The Labute approximate surface area is 347 Å². The maximum Gasteiger partial charge on any atom is 0.332 e. The molecule has 9 N–H and O–H groups in total. The number of aliphatic carboxylic acids is 1. The number of ether oxygens (including phenoxy) is 5. The summed E-state index contributed by atoms with van der Waals surface area (Å²) in [5.41, 5.74) is 0.718. The molecule has 0 bridgehead atoms. The minimum absolute atomic E-state index is 0.00868. The number of aryl methyl sites for hydroxylation is 1. The smallest absolute Gasteiger partial charge is 0.332 e. The minimum Gasteiger partial charge on any atom is -0.479 e. The molecule has 4 fully saturated rings. The van der Waals surface area contributed by atoms with Crippen LogP contribution < -0.4 is 16.0 Å². The number of carbonyl (C=O) groups excluding carboxylic acids is 3. The molecule has 2 aliphatic carbocycles. The number of rotatable bonds is 17. The number of nitrogens with zero attached hydrogens (tertiary/aromatic N) is 1. The summed E-state index contributed by atoms with van der Waals surface area (Å²) in [5.74, 6) is -3.59. The van der Waals surface area contributed by atoms with Crippen molar-refractivity contribution in [2.75, 3.05) is 19.7 Å². The highest BCUT2D eigenvalue weighted by Crippen LogP contribution is 2.40. The lowest BCUT2D eigenvalue weighted by molar-refractivity contribution is -0.338. The van der Waals surface area contributed by atoms with Crippen molar-refractivity contribution in [3.63, 3.8) is 0 Å². The summed E-state index contributed by atoms with van der Waals surface area (Å²) in [6.45, 7) is 5.88. The Morgan fingerprint density at radius 1 is 0.932 bits per heavy atom. The van der Waals surface area contributed by atoms with E-state index in [1.54, 1.807) is 12.3 Å². The molecule has 59 heavy (non-hydrogen) atoms. The van der Waals surface area contributed by atoms with Crippen molar-refractivity contribution in [3.8, 4) is 0 Å². The zero-order valence-corrected chi connectivity index (χ0v) is 34.8. The highest BCUT2D eigenvalue weighted by Gasteiger charge is 2.53. The Morgan fingerprint density at radius 2 is 1.64 bits per heavy atom. The van der Waals surface area contributed by atoms with Gasteiger partial charge in [-0.2, -0.15) is 0 Å². The van der Waals surface area contributed by atoms with Crippen LogP contribution in [0.2, 0.25) is 0 Å². The van der Waals surface area contributed by atoms with Crippen LogP contribution in [0.3, 0.4) is 0 Å². The highest BCUT2D eigenvalue weighted by molar-refractivity contribution is 7.11. The van der Waals surface area contributed by atoms with Crippen molar-refractivity contribution in [1.82, 2.24) is 20.9 Å². The highest BCUT2D eigenvalue weighted by atomic mass is 32.1. The lowest BCUT2D eigenvalue weighted by Crippen LogP contribution is -2.67. The standard InChI is InChI=1S/C39H62N4O15S/c1-5-22-14-23(34(50)40-11-12-41-35(51)36-42-18(2)17-59-36)15-24(32(22)58-39-31(49)30(48)28(46)19(3)54-39)56-38-27(43-20(4)45)33(29(47)26(16-44)57-38)55-25(37(52)53)13-21-9-7-6-8-10-21/h17,19,21-33,38-39,44,46-49H,5-16H2,1-4H3,(H,40,50)(H,41,51)(H,43,45)(H,52,53)/t19-,22?,23?,24+,25-,26-,27?,28?,29-,30-,31-,32+,33?,38+,39?/m0/s1. The first-order valence-electron chi connectivity index (χ1n) is 20.7. The fourth-order valence-corrected chi connectivity index (χ4v) is 9.33. The van der Waals surface area contributed by atoms with Crippen LogP contribution in [0.15, 0.2) is 5.38 Å². The number of carbonyl (C=O) groups is 4. The van der Waals surface area contributed by atoms with E-state index in [0.717, 1.165) is 37.8 Å². The fraction of sp³-hybridized carbons (Fsp3) is 0.821. The summed E-state index contributed by atoms with van der Waals surface area (Å²) in [6.07, 6.45) is -10.7. The van der Waals surface area contributed by atoms with Crippen molar-refractivity contribution in [3.05, 3.63) is 16.1 Å². The third-order valence-electron chi connectivity index (χ3n) is 11.9. The van der Waals surface area contributed by atoms with Crippen LogP contribution in [0.1, 0.15) is 94.1 Å². The van der Waals surface area contributed by atoms with Gasteiger partial charge in [0.1, 0.15) is 42.7 Å². The minimum atomic E-state index is -1.66. The molecule has 19 nitrogen and oxygen atoms in total. The summed E-state index contributed by atoms with van der Waals surface area (Å²) >= 11 is 1.21. The van der Waals surface area contributed by atoms with Crippen LogP contribution in [0.25, 0.3) is 0 Å². The van der Waals surface area contributed by atoms with E-state index >= 15 is 0 Å². The van der Waals surface area contributed by atoms with Gasteiger partial charge in [0.2, 0.25) is 11.8 Å². The quantitative estimate of drug-likeness (QED) is 0.0912. The largest absolute Gasteiger partial charge is 0.479 e. The molecule has 2 saturated heterocycles. The number of aromatic nitrogens is 1. The predicted octanol–water partition coefficient (Wildman–Crippen LogP) is -0.277. The summed E-state index contributed by atoms with van der Waals surface area (Å²) in [6, 6.07) is -1.31. The number of aliphatic hydroxyl groups is 5. The Hall–Kier alpha value is -2.89. The Kier molecular flexibility index (Phi) is 17.4. The lowest BCUT2D eigenvalue weighted by Gasteiger charge is -2.49. The molecular weight excluding hydrogens is 797 g/mol. The monoisotopic (exact) mass is 858 g/mol. The third kappa shape index (κ3) is 12.2. The van der Waals surface area contributed by atoms with Crippen molar-refractivity contribution in [2.45, 2.75) is 165 Å². The first kappa shape index (κ1) is 47.2. The summed E-state index contributed by atoms with van der Waals surface area (Å²) < 4.78 is 31.0. The number of thiazole rings is 1. The molecule has 5 rings (SSSR count). The van der Waals surface area contributed by atoms with E-state index < -0.39 is 110 Å². The van der Waals surface area contributed by atoms with Crippen molar-refractivity contribution < 1.29 is 73.5 Å². The molecule has 3 heterocycles. The Bertz CT molecular complexity index is 1550. The van der Waals surface area contributed by atoms with E-state index in [1.807, 2.05) is 6.92 Å². The van der Waals surface area contributed by atoms with Crippen molar-refractivity contribution in [1.29, 1.82) is 0 Å². The van der Waals surface area contributed by atoms with Gasteiger partial charge >= 0.3 is 5.97 Å². The summed E-state index contributed by atoms with van der Waals surface area (Å²) in [4.78, 5) is 55.7. The lowest BCUT2D eigenvalue weighted by atomic mass is 9.75. The van der Waals surface area contributed by atoms with E-state index in [0.29, 0.717) is 11.4 Å². The average Bonchev–Trinajstić information content (AvgIpc) is 3.66. The topological polar surface area (TPSA) is 285 Å². The van der Waals surface area contributed by atoms with E-state index in [4.69, 9.17) is 23.7 Å². The number of hydrogen-bond acceptors (Lipinski definition) is 16. The van der Waals surface area contributed by atoms with E-state index in [-0.39, 0.29) is 50.1 Å². The molecule has 0 radical (unpaired) electrons. The molecule has 3 amide bonds. The first-order chi connectivity index (χ1) is 28.1. The number of amides is 3. The molecule has 0 spiro atoms. The molecule has 1 aromatic heterocycles. The zero-order chi connectivity index (χ0) is 43.0. The van der Waals surface area contributed by atoms with Crippen molar-refractivity contribution >= 4 is 35.0 Å². The molecule has 15 atom stereocenters. The molecule has 2 aliphatic heterocycles. The van der Waals surface area contributed by atoms with E-state index in [9.17, 15) is 49.8 Å². The van der Waals surface area contributed by atoms with Gasteiger partial charge in [-0.15, -0.1) is 11.3 Å².